The molecule has 0 spiro atoms. The fourth-order valence-corrected chi connectivity index (χ4v) is 6.06. The zero-order valence-electron chi connectivity index (χ0n) is 34.8. The summed E-state index contributed by atoms with van der Waals surface area (Å²) in [5.74, 6) is 0.0401. The first-order chi connectivity index (χ1) is 28.2. The second-order valence-corrected chi connectivity index (χ2v) is 13.6. The van der Waals surface area contributed by atoms with Gasteiger partial charge in [0.1, 0.15) is 6.61 Å². The number of fused-ring (bicyclic) bond motifs is 3. The number of ether oxygens (including phenoxy) is 11. The lowest BCUT2D eigenvalue weighted by atomic mass is 9.98. The molecule has 0 saturated carbocycles. The summed E-state index contributed by atoms with van der Waals surface area (Å²) >= 11 is 0. The van der Waals surface area contributed by atoms with Gasteiger partial charge in [0.2, 0.25) is 0 Å². The van der Waals surface area contributed by atoms with Crippen LogP contribution in [0.2, 0.25) is 0 Å². The fourth-order valence-electron chi connectivity index (χ4n) is 6.06. The van der Waals surface area contributed by atoms with Crippen LogP contribution in [-0.4, -0.2) is 163 Å². The molecule has 0 radical (unpaired) electrons. The summed E-state index contributed by atoms with van der Waals surface area (Å²) in [7, 11) is 1.72. The van der Waals surface area contributed by atoms with E-state index in [-0.39, 0.29) is 12.0 Å². The Kier molecular flexibility index (Phi) is 29.2. The van der Waals surface area contributed by atoms with E-state index in [2.05, 4.69) is 31.2 Å². The van der Waals surface area contributed by atoms with E-state index in [1.807, 2.05) is 24.3 Å². The number of unbranched alkanes of at least 4 members (excludes halogenated alkanes) is 5. The number of benzene rings is 2. The average molecular weight is 806 g/mol. The average Bonchev–Trinajstić information content (AvgIpc) is 3.55. The first-order valence-electron chi connectivity index (χ1n) is 21.1. The van der Waals surface area contributed by atoms with Gasteiger partial charge in [-0.3, -0.25) is 0 Å². The van der Waals surface area contributed by atoms with Gasteiger partial charge in [0, 0.05) is 26.1 Å². The first-order valence-corrected chi connectivity index (χ1v) is 21.1. The summed E-state index contributed by atoms with van der Waals surface area (Å²) in [5, 5.41) is 0. The fraction of sp³-hybridized carbons (Fsp3) is 0.705. The van der Waals surface area contributed by atoms with Gasteiger partial charge in [0.05, 0.1) is 126 Å². The molecule has 0 heterocycles. The highest BCUT2D eigenvalue weighted by molar-refractivity contribution is 5.79. The maximum absolute atomic E-state index is 12.6. The van der Waals surface area contributed by atoms with Crippen molar-refractivity contribution in [3.8, 4) is 11.1 Å². The number of amides is 1. The molecule has 0 saturated heterocycles. The van der Waals surface area contributed by atoms with Crippen LogP contribution in [0.25, 0.3) is 11.1 Å². The molecule has 13 nitrogen and oxygen atoms in total. The third-order valence-electron chi connectivity index (χ3n) is 9.21. The number of hydrogen-bond donors (Lipinski definition) is 0. The van der Waals surface area contributed by atoms with E-state index in [4.69, 9.17) is 52.1 Å². The molecular formula is C44H71NO12. The molecule has 0 aliphatic heterocycles. The number of rotatable bonds is 39. The van der Waals surface area contributed by atoms with Gasteiger partial charge in [0.15, 0.2) is 0 Å². The Morgan fingerprint density at radius 3 is 1.19 bits per heavy atom. The molecule has 3 rings (SSSR count). The zero-order chi connectivity index (χ0) is 40.3. The molecule has 0 aromatic heterocycles. The smallest absolute Gasteiger partial charge is 0.409 e. The van der Waals surface area contributed by atoms with Gasteiger partial charge in [-0.05, 0) is 28.7 Å². The maximum atomic E-state index is 12.6. The Balaban J connectivity index is 0.955. The highest BCUT2D eigenvalue weighted by Crippen LogP contribution is 2.44. The zero-order valence-corrected chi connectivity index (χ0v) is 34.8. The molecule has 0 atom stereocenters. The molecule has 0 N–H and O–H groups in total. The summed E-state index contributed by atoms with van der Waals surface area (Å²) < 4.78 is 61.1. The molecule has 1 amide bonds. The van der Waals surface area contributed by atoms with Crippen molar-refractivity contribution >= 4 is 6.09 Å². The third kappa shape index (κ3) is 22.9. The molecule has 2 aromatic rings. The van der Waals surface area contributed by atoms with Gasteiger partial charge in [-0.1, -0.05) is 87.6 Å². The normalized spacial score (nSPS) is 12.2. The van der Waals surface area contributed by atoms with E-state index < -0.39 is 0 Å². The summed E-state index contributed by atoms with van der Waals surface area (Å²) in [6, 6.07) is 16.6. The Morgan fingerprint density at radius 1 is 0.456 bits per heavy atom. The van der Waals surface area contributed by atoms with E-state index in [0.29, 0.717) is 139 Å². The van der Waals surface area contributed by atoms with Gasteiger partial charge >= 0.3 is 6.09 Å². The Hall–Kier alpha value is -2.69. The lowest BCUT2D eigenvalue weighted by Gasteiger charge is -2.19. The topological polar surface area (TPSA) is 122 Å². The number of likely N-dealkylation sites (N-methyl/N-ethyl adjacent to an activating group) is 1. The molecule has 0 fully saturated rings. The standard InChI is InChI=1S/C44H71NO12/c1-3-4-5-6-7-12-18-47-20-22-49-24-26-51-28-30-53-32-34-55-36-37-56-35-33-54-31-29-52-27-25-50-23-21-48-19-17-45(2)44(46)57-38-43-41-15-10-8-13-39(41)40-14-9-11-16-42(40)43/h8-11,13-16,43H,3-7,12,17-38H2,1-2H3. The minimum Gasteiger partial charge on any atom is -0.448 e. The first kappa shape index (κ1) is 48.7. The number of carbonyl (C=O) groups is 1. The van der Waals surface area contributed by atoms with Crippen LogP contribution < -0.4 is 0 Å². The van der Waals surface area contributed by atoms with Crippen LogP contribution in [0.3, 0.4) is 0 Å². The summed E-state index contributed by atoms with van der Waals surface area (Å²) in [6.07, 6.45) is 7.29. The van der Waals surface area contributed by atoms with Crippen molar-refractivity contribution in [1.82, 2.24) is 4.90 Å². The van der Waals surface area contributed by atoms with Crippen molar-refractivity contribution < 1.29 is 56.9 Å². The predicted octanol–water partition coefficient (Wildman–Crippen LogP) is 6.39. The van der Waals surface area contributed by atoms with Crippen molar-refractivity contribution in [2.45, 2.75) is 51.4 Å². The Bertz CT molecular complexity index is 1210. The van der Waals surface area contributed by atoms with Crippen LogP contribution in [0.1, 0.15) is 62.5 Å². The summed E-state index contributed by atoms with van der Waals surface area (Å²) in [5.41, 5.74) is 4.80. The van der Waals surface area contributed by atoms with Crippen molar-refractivity contribution in [2.75, 3.05) is 152 Å². The summed E-state index contributed by atoms with van der Waals surface area (Å²) in [4.78, 5) is 14.2. The molecule has 0 unspecified atom stereocenters. The molecular weight excluding hydrogens is 734 g/mol. The molecule has 13 heteroatoms. The van der Waals surface area contributed by atoms with Gasteiger partial charge in [-0.15, -0.1) is 0 Å². The molecule has 57 heavy (non-hydrogen) atoms. The van der Waals surface area contributed by atoms with E-state index >= 15 is 0 Å². The van der Waals surface area contributed by atoms with E-state index in [1.165, 1.54) is 59.3 Å². The quantitative estimate of drug-likeness (QED) is 0.0696. The molecule has 2 aromatic carbocycles. The van der Waals surface area contributed by atoms with Gasteiger partial charge in [-0.25, -0.2) is 4.79 Å². The SMILES string of the molecule is CCCCCCCCOCCOCCOCCOCCOCCOCCOCCOCCOCCOCCN(C)C(=O)OCC1c2ccccc2-c2ccccc21. The highest BCUT2D eigenvalue weighted by atomic mass is 16.6. The summed E-state index contributed by atoms with van der Waals surface area (Å²) in [6.45, 7) is 13.4. The van der Waals surface area contributed by atoms with Gasteiger partial charge in [-0.2, -0.15) is 0 Å². The molecule has 1 aliphatic carbocycles. The monoisotopic (exact) mass is 805 g/mol. The highest BCUT2D eigenvalue weighted by Gasteiger charge is 2.29. The van der Waals surface area contributed by atoms with Crippen LogP contribution >= 0.6 is 0 Å². The van der Waals surface area contributed by atoms with Crippen molar-refractivity contribution in [2.24, 2.45) is 0 Å². The van der Waals surface area contributed by atoms with Crippen molar-refractivity contribution in [3.63, 3.8) is 0 Å². The maximum Gasteiger partial charge on any atom is 0.409 e. The number of hydrogen-bond acceptors (Lipinski definition) is 12. The predicted molar refractivity (Wildman–Crippen MR) is 219 cm³/mol. The second-order valence-electron chi connectivity index (χ2n) is 13.6. The molecule has 1 aliphatic rings. The number of nitrogens with zero attached hydrogens (tertiary/aromatic N) is 1. The van der Waals surface area contributed by atoms with Crippen molar-refractivity contribution in [3.05, 3.63) is 59.7 Å². The Labute approximate surface area is 341 Å². The van der Waals surface area contributed by atoms with Crippen LogP contribution in [0.4, 0.5) is 4.79 Å². The lowest BCUT2D eigenvalue weighted by molar-refractivity contribution is -0.0266. The second kappa shape index (κ2) is 34.2. The van der Waals surface area contributed by atoms with Crippen LogP contribution in [0, 0.1) is 0 Å². The van der Waals surface area contributed by atoms with Gasteiger partial charge < -0.3 is 57.0 Å². The minimum atomic E-state index is -0.362. The largest absolute Gasteiger partial charge is 0.448 e. The molecule has 324 valence electrons. The van der Waals surface area contributed by atoms with E-state index in [9.17, 15) is 4.79 Å². The van der Waals surface area contributed by atoms with Gasteiger partial charge in [0.25, 0.3) is 0 Å². The minimum absolute atomic E-state index is 0.0401. The van der Waals surface area contributed by atoms with Crippen LogP contribution in [-0.2, 0) is 52.1 Å². The van der Waals surface area contributed by atoms with Crippen molar-refractivity contribution in [1.29, 1.82) is 0 Å². The van der Waals surface area contributed by atoms with E-state index in [0.717, 1.165) is 13.0 Å². The Morgan fingerprint density at radius 2 is 0.789 bits per heavy atom. The van der Waals surface area contributed by atoms with E-state index in [1.54, 1.807) is 7.05 Å². The van der Waals surface area contributed by atoms with Crippen LogP contribution in [0.5, 0.6) is 0 Å². The third-order valence-corrected chi connectivity index (χ3v) is 9.21. The molecule has 0 bridgehead atoms. The van der Waals surface area contributed by atoms with Crippen LogP contribution in [0.15, 0.2) is 48.5 Å². The number of carbonyl (C=O) groups excluding carboxylic acids is 1. The lowest BCUT2D eigenvalue weighted by Crippen LogP contribution is -2.32.